The molecule has 3 aromatic rings. The van der Waals surface area contributed by atoms with E-state index < -0.39 is 33.7 Å². The molecule has 0 aliphatic heterocycles. The second-order valence-electron chi connectivity index (χ2n) is 7.72. The van der Waals surface area contributed by atoms with Gasteiger partial charge < -0.3 is 5.11 Å². The number of nitrogens with one attached hydrogen (secondary N) is 1. The van der Waals surface area contributed by atoms with Crippen LogP contribution >= 0.6 is 0 Å². The molecule has 0 aliphatic rings. The number of allylic oxidation sites excluding steroid dienone is 1. The minimum Gasteiger partial charge on any atom is -0.481 e. The highest BCUT2D eigenvalue weighted by Gasteiger charge is 2.36. The molecule has 3 aromatic carbocycles. The summed E-state index contributed by atoms with van der Waals surface area (Å²) in [5, 5.41) is 10.0. The standard InChI is InChI=1S/C26H26N2O5S/c1-34(32,33)28(22-17-9-4-10-18-22)27-25(29)24(21-15-7-3-8-16-21)23(26(30)31)19-11-14-20-12-5-2-6-13-20/h2-18,23-24H,19H2,1H3,(H,27,29)(H,30,31). The van der Waals surface area contributed by atoms with E-state index in [1.165, 1.54) is 12.1 Å². The van der Waals surface area contributed by atoms with Gasteiger partial charge in [-0.2, -0.15) is 4.41 Å². The number of hydrazine groups is 1. The van der Waals surface area contributed by atoms with Crippen molar-refractivity contribution < 1.29 is 23.1 Å². The zero-order valence-electron chi connectivity index (χ0n) is 18.6. The molecular formula is C26H26N2O5S. The lowest BCUT2D eigenvalue weighted by atomic mass is 9.83. The van der Waals surface area contributed by atoms with Gasteiger partial charge in [0.25, 0.3) is 0 Å². The Balaban J connectivity index is 1.94. The number of sulfonamides is 1. The molecule has 2 atom stereocenters. The first kappa shape index (κ1) is 24.7. The normalized spacial score (nSPS) is 13.2. The van der Waals surface area contributed by atoms with Gasteiger partial charge in [-0.1, -0.05) is 91.0 Å². The Morgan fingerprint density at radius 1 is 0.912 bits per heavy atom. The number of hydrogen-bond acceptors (Lipinski definition) is 4. The van der Waals surface area contributed by atoms with Gasteiger partial charge in [-0.15, -0.1) is 0 Å². The van der Waals surface area contributed by atoms with Crippen LogP contribution in [0.15, 0.2) is 97.1 Å². The van der Waals surface area contributed by atoms with E-state index in [-0.39, 0.29) is 12.1 Å². The summed E-state index contributed by atoms with van der Waals surface area (Å²) < 4.78 is 25.7. The Morgan fingerprint density at radius 3 is 1.97 bits per heavy atom. The average molecular weight is 479 g/mol. The molecule has 3 rings (SSSR count). The van der Waals surface area contributed by atoms with E-state index in [1.807, 2.05) is 30.3 Å². The predicted molar refractivity (Wildman–Crippen MR) is 132 cm³/mol. The number of rotatable bonds is 10. The minimum absolute atomic E-state index is 0.0709. The van der Waals surface area contributed by atoms with Crippen molar-refractivity contribution >= 4 is 33.7 Å². The van der Waals surface area contributed by atoms with Crippen molar-refractivity contribution in [3.8, 4) is 0 Å². The first-order valence-corrected chi connectivity index (χ1v) is 12.5. The van der Waals surface area contributed by atoms with E-state index in [0.29, 0.717) is 5.56 Å². The summed E-state index contributed by atoms with van der Waals surface area (Å²) in [4.78, 5) is 25.7. The number of aliphatic carboxylic acids is 1. The summed E-state index contributed by atoms with van der Waals surface area (Å²) in [6.07, 6.45) is 4.54. The Hall–Kier alpha value is -3.91. The molecular weight excluding hydrogens is 452 g/mol. The number of benzene rings is 3. The molecule has 0 saturated heterocycles. The fraction of sp³-hybridized carbons (Fsp3) is 0.154. The summed E-state index contributed by atoms with van der Waals surface area (Å²) in [6.45, 7) is 0. The average Bonchev–Trinajstić information content (AvgIpc) is 2.83. The second-order valence-corrected chi connectivity index (χ2v) is 9.55. The monoisotopic (exact) mass is 478 g/mol. The SMILES string of the molecule is CS(=O)(=O)N(NC(=O)C(c1ccccc1)C(CC=Cc1ccccc1)C(=O)O)c1ccccc1. The van der Waals surface area contributed by atoms with Gasteiger partial charge >= 0.3 is 5.97 Å². The Morgan fingerprint density at radius 2 is 1.44 bits per heavy atom. The van der Waals surface area contributed by atoms with Crippen molar-refractivity contribution in [3.63, 3.8) is 0 Å². The third-order valence-corrected chi connectivity index (χ3v) is 6.16. The van der Waals surface area contributed by atoms with Crippen molar-refractivity contribution in [1.29, 1.82) is 0 Å². The lowest BCUT2D eigenvalue weighted by molar-refractivity contribution is -0.145. The summed E-state index contributed by atoms with van der Waals surface area (Å²) in [7, 11) is -3.89. The van der Waals surface area contributed by atoms with E-state index in [9.17, 15) is 23.1 Å². The molecule has 2 N–H and O–H groups in total. The van der Waals surface area contributed by atoms with Crippen LogP contribution in [-0.2, 0) is 19.6 Å². The van der Waals surface area contributed by atoms with E-state index in [4.69, 9.17) is 0 Å². The molecule has 2 unspecified atom stereocenters. The smallest absolute Gasteiger partial charge is 0.307 e. The molecule has 0 fully saturated rings. The van der Waals surface area contributed by atoms with Crippen LogP contribution in [0.4, 0.5) is 5.69 Å². The molecule has 176 valence electrons. The number of carbonyl (C=O) groups excluding carboxylic acids is 1. The third kappa shape index (κ3) is 6.55. The van der Waals surface area contributed by atoms with Crippen LogP contribution < -0.4 is 9.84 Å². The van der Waals surface area contributed by atoms with E-state index in [1.54, 1.807) is 60.7 Å². The van der Waals surface area contributed by atoms with Gasteiger partial charge in [0, 0.05) is 0 Å². The number of carboxylic acids is 1. The van der Waals surface area contributed by atoms with Crippen LogP contribution in [0.1, 0.15) is 23.5 Å². The summed E-state index contributed by atoms with van der Waals surface area (Å²) in [5.74, 6) is -4.15. The first-order valence-electron chi connectivity index (χ1n) is 10.6. The van der Waals surface area contributed by atoms with E-state index >= 15 is 0 Å². The summed E-state index contributed by atoms with van der Waals surface area (Å²) >= 11 is 0. The number of para-hydroxylation sites is 1. The molecule has 0 bridgehead atoms. The predicted octanol–water partition coefficient (Wildman–Crippen LogP) is 4.07. The van der Waals surface area contributed by atoms with Gasteiger partial charge in [-0.3, -0.25) is 15.0 Å². The lowest BCUT2D eigenvalue weighted by Crippen LogP contribution is -2.49. The van der Waals surface area contributed by atoms with Gasteiger partial charge in [0.15, 0.2) is 0 Å². The highest BCUT2D eigenvalue weighted by molar-refractivity contribution is 7.92. The van der Waals surface area contributed by atoms with Crippen molar-refractivity contribution in [3.05, 3.63) is 108 Å². The summed E-state index contributed by atoms with van der Waals surface area (Å²) in [6, 6.07) is 26.0. The highest BCUT2D eigenvalue weighted by atomic mass is 32.2. The topological polar surface area (TPSA) is 104 Å². The lowest BCUT2D eigenvalue weighted by Gasteiger charge is -2.28. The fourth-order valence-corrected chi connectivity index (χ4v) is 4.35. The number of hydrogen-bond donors (Lipinski definition) is 2. The molecule has 0 spiro atoms. The Labute approximate surface area is 199 Å². The molecule has 1 amide bonds. The number of carboxylic acid groups (broad SMARTS) is 1. The van der Waals surface area contributed by atoms with Crippen molar-refractivity contribution in [2.24, 2.45) is 5.92 Å². The highest BCUT2D eigenvalue weighted by Crippen LogP contribution is 2.29. The van der Waals surface area contributed by atoms with Crippen LogP contribution in [0.3, 0.4) is 0 Å². The van der Waals surface area contributed by atoms with Crippen molar-refractivity contribution in [2.75, 3.05) is 10.7 Å². The Kier molecular flexibility index (Phi) is 8.21. The van der Waals surface area contributed by atoms with Crippen LogP contribution in [0.2, 0.25) is 0 Å². The maximum atomic E-state index is 13.4. The molecule has 0 radical (unpaired) electrons. The maximum Gasteiger partial charge on any atom is 0.307 e. The van der Waals surface area contributed by atoms with Gasteiger partial charge in [-0.05, 0) is 29.7 Å². The molecule has 0 aliphatic carbocycles. The molecule has 8 heteroatoms. The minimum atomic E-state index is -3.89. The van der Waals surface area contributed by atoms with E-state index in [2.05, 4.69) is 5.43 Å². The van der Waals surface area contributed by atoms with Gasteiger partial charge in [0.2, 0.25) is 15.9 Å². The van der Waals surface area contributed by atoms with Gasteiger partial charge in [0.05, 0.1) is 23.8 Å². The first-order chi connectivity index (χ1) is 16.3. The molecule has 0 aromatic heterocycles. The number of amides is 1. The molecule has 0 saturated carbocycles. The zero-order chi connectivity index (χ0) is 24.6. The van der Waals surface area contributed by atoms with Gasteiger partial charge in [0.1, 0.15) is 0 Å². The zero-order valence-corrected chi connectivity index (χ0v) is 19.4. The van der Waals surface area contributed by atoms with Crippen LogP contribution in [0, 0.1) is 5.92 Å². The second kappa shape index (κ2) is 11.3. The molecule has 34 heavy (non-hydrogen) atoms. The third-order valence-electron chi connectivity index (χ3n) is 5.19. The molecule has 7 nitrogen and oxygen atoms in total. The summed E-state index contributed by atoms with van der Waals surface area (Å²) in [5.41, 5.74) is 4.05. The fourth-order valence-electron chi connectivity index (χ4n) is 3.59. The molecule has 0 heterocycles. The number of carbonyl (C=O) groups is 2. The van der Waals surface area contributed by atoms with Crippen molar-refractivity contribution in [1.82, 2.24) is 5.43 Å². The quantitative estimate of drug-likeness (QED) is 0.428. The van der Waals surface area contributed by atoms with Crippen LogP contribution in [0.5, 0.6) is 0 Å². The van der Waals surface area contributed by atoms with Crippen LogP contribution in [0.25, 0.3) is 6.08 Å². The number of nitrogens with zero attached hydrogens (tertiary/aromatic N) is 1. The largest absolute Gasteiger partial charge is 0.481 e. The van der Waals surface area contributed by atoms with Crippen molar-refractivity contribution in [2.45, 2.75) is 12.3 Å². The number of anilines is 1. The maximum absolute atomic E-state index is 13.4. The van der Waals surface area contributed by atoms with E-state index in [0.717, 1.165) is 16.2 Å². The van der Waals surface area contributed by atoms with Crippen LogP contribution in [-0.4, -0.2) is 31.7 Å². The Bertz CT molecular complexity index is 1230. The van der Waals surface area contributed by atoms with Gasteiger partial charge in [-0.25, -0.2) is 8.42 Å².